The van der Waals surface area contributed by atoms with Crippen molar-refractivity contribution in [1.29, 1.82) is 5.26 Å². The van der Waals surface area contributed by atoms with Crippen molar-refractivity contribution in [3.05, 3.63) is 18.1 Å². The molecule has 2 aromatic heterocycles. The van der Waals surface area contributed by atoms with E-state index in [2.05, 4.69) is 50.1 Å². The van der Waals surface area contributed by atoms with Gasteiger partial charge < -0.3 is 14.8 Å². The molecule has 8 heteroatoms. The first-order valence-electron chi connectivity index (χ1n) is 12.1. The lowest BCUT2D eigenvalue weighted by atomic mass is 9.53. The van der Waals surface area contributed by atoms with Crippen LogP contribution in [-0.4, -0.2) is 57.0 Å². The SMILES string of the molecule is Cc1c[nH]c2ncnc(N3CCN(C(=NC45CC6CC(CC(C6)C4)C5)NC#N)[C@@H](C)C3)c12. The van der Waals surface area contributed by atoms with Crippen LogP contribution in [0.15, 0.2) is 17.5 Å². The maximum absolute atomic E-state index is 9.52. The maximum Gasteiger partial charge on any atom is 0.208 e. The summed E-state index contributed by atoms with van der Waals surface area (Å²) in [4.78, 5) is 22.2. The summed E-state index contributed by atoms with van der Waals surface area (Å²) in [6, 6.07) is 0.224. The van der Waals surface area contributed by atoms with E-state index in [9.17, 15) is 5.26 Å². The Morgan fingerprint density at radius 3 is 2.56 bits per heavy atom. The number of fused-ring (bicyclic) bond motifs is 1. The summed E-state index contributed by atoms with van der Waals surface area (Å²) in [6.07, 6.45) is 13.6. The van der Waals surface area contributed by atoms with Crippen LogP contribution >= 0.6 is 0 Å². The van der Waals surface area contributed by atoms with Crippen LogP contribution in [0.1, 0.15) is 51.0 Å². The van der Waals surface area contributed by atoms with E-state index in [0.717, 1.165) is 60.2 Å². The van der Waals surface area contributed by atoms with E-state index < -0.39 is 0 Å². The Morgan fingerprint density at radius 1 is 1.19 bits per heavy atom. The zero-order chi connectivity index (χ0) is 21.9. The van der Waals surface area contributed by atoms with Crippen LogP contribution in [0.4, 0.5) is 5.82 Å². The van der Waals surface area contributed by atoms with Crippen LogP contribution in [0.25, 0.3) is 11.0 Å². The van der Waals surface area contributed by atoms with E-state index in [-0.39, 0.29) is 11.6 Å². The summed E-state index contributed by atoms with van der Waals surface area (Å²) < 4.78 is 0. The first-order chi connectivity index (χ1) is 15.5. The minimum atomic E-state index is 0.0475. The van der Waals surface area contributed by atoms with Gasteiger partial charge in [0, 0.05) is 31.9 Å². The zero-order valence-corrected chi connectivity index (χ0v) is 19.0. The molecular formula is C24H32N8. The zero-order valence-electron chi connectivity index (χ0n) is 19.0. The van der Waals surface area contributed by atoms with Crippen LogP contribution < -0.4 is 10.2 Å². The minimum absolute atomic E-state index is 0.0475. The van der Waals surface area contributed by atoms with Gasteiger partial charge in [-0.2, -0.15) is 5.26 Å². The van der Waals surface area contributed by atoms with E-state index >= 15 is 0 Å². The van der Waals surface area contributed by atoms with Crippen LogP contribution in [0, 0.1) is 36.1 Å². The molecule has 32 heavy (non-hydrogen) atoms. The Balaban J connectivity index is 1.25. The second kappa shape index (κ2) is 7.36. The summed E-state index contributed by atoms with van der Waals surface area (Å²) in [7, 11) is 0. The van der Waals surface area contributed by atoms with Gasteiger partial charge in [0.25, 0.3) is 0 Å². The molecule has 1 saturated heterocycles. The minimum Gasteiger partial charge on any atom is -0.352 e. The molecule has 0 radical (unpaired) electrons. The average molecular weight is 433 g/mol. The highest BCUT2D eigenvalue weighted by molar-refractivity contribution is 5.91. The number of aliphatic imine (C=N–C) groups is 1. The number of hydrogen-bond acceptors (Lipinski definition) is 5. The highest BCUT2D eigenvalue weighted by Gasteiger charge is 2.51. The van der Waals surface area contributed by atoms with Gasteiger partial charge in [0.15, 0.2) is 6.19 Å². The molecule has 168 valence electrons. The van der Waals surface area contributed by atoms with Crippen molar-refractivity contribution in [2.24, 2.45) is 22.7 Å². The summed E-state index contributed by atoms with van der Waals surface area (Å²) in [5.41, 5.74) is 2.10. The topological polar surface area (TPSA) is 96.2 Å². The fourth-order valence-electron chi connectivity index (χ4n) is 7.44. The van der Waals surface area contributed by atoms with Gasteiger partial charge in [0.05, 0.1) is 10.9 Å². The van der Waals surface area contributed by atoms with Gasteiger partial charge in [-0.3, -0.25) is 5.32 Å². The van der Waals surface area contributed by atoms with Gasteiger partial charge in [-0.1, -0.05) is 0 Å². The van der Waals surface area contributed by atoms with Crippen molar-refractivity contribution in [2.75, 3.05) is 24.5 Å². The molecule has 5 aliphatic rings. The number of aromatic nitrogens is 3. The van der Waals surface area contributed by atoms with E-state index in [4.69, 9.17) is 4.99 Å². The number of guanidine groups is 1. The highest BCUT2D eigenvalue weighted by Crippen LogP contribution is 2.57. The van der Waals surface area contributed by atoms with E-state index in [1.807, 2.05) is 6.20 Å². The summed E-state index contributed by atoms with van der Waals surface area (Å²) in [5, 5.41) is 13.6. The molecule has 8 nitrogen and oxygen atoms in total. The summed E-state index contributed by atoms with van der Waals surface area (Å²) >= 11 is 0. The number of nitrogens with zero attached hydrogens (tertiary/aromatic N) is 6. The van der Waals surface area contributed by atoms with Gasteiger partial charge >= 0.3 is 0 Å². The quantitative estimate of drug-likeness (QED) is 0.327. The predicted molar refractivity (Wildman–Crippen MR) is 124 cm³/mol. The largest absolute Gasteiger partial charge is 0.352 e. The van der Waals surface area contributed by atoms with Crippen molar-refractivity contribution in [2.45, 2.75) is 64.0 Å². The third-order valence-electron chi connectivity index (χ3n) is 8.36. The summed E-state index contributed by atoms with van der Waals surface area (Å²) in [5.74, 6) is 4.30. The van der Waals surface area contributed by atoms with Gasteiger partial charge in [-0.15, -0.1) is 0 Å². The third-order valence-corrected chi connectivity index (χ3v) is 8.36. The Kier molecular flexibility index (Phi) is 4.56. The first-order valence-corrected chi connectivity index (χ1v) is 12.1. The molecule has 7 rings (SSSR count). The number of piperazine rings is 1. The van der Waals surface area contributed by atoms with Crippen LogP contribution in [0.2, 0.25) is 0 Å². The van der Waals surface area contributed by atoms with Crippen molar-refractivity contribution in [1.82, 2.24) is 25.2 Å². The maximum atomic E-state index is 9.52. The second-order valence-corrected chi connectivity index (χ2v) is 10.7. The molecule has 4 aliphatic carbocycles. The van der Waals surface area contributed by atoms with Gasteiger partial charge in [0.2, 0.25) is 5.96 Å². The number of H-pyrrole nitrogens is 1. The Morgan fingerprint density at radius 2 is 1.91 bits per heavy atom. The van der Waals surface area contributed by atoms with Gasteiger partial charge in [-0.25, -0.2) is 15.0 Å². The third kappa shape index (κ3) is 3.21. The van der Waals surface area contributed by atoms with E-state index in [1.54, 1.807) is 6.33 Å². The molecule has 1 aliphatic heterocycles. The van der Waals surface area contributed by atoms with Crippen molar-refractivity contribution < 1.29 is 0 Å². The number of anilines is 1. The van der Waals surface area contributed by atoms with E-state index in [0.29, 0.717) is 0 Å². The fourth-order valence-corrected chi connectivity index (χ4v) is 7.44. The molecule has 0 spiro atoms. The lowest BCUT2D eigenvalue weighted by molar-refractivity contribution is 0.000777. The van der Waals surface area contributed by atoms with Crippen LogP contribution in [0.3, 0.4) is 0 Å². The van der Waals surface area contributed by atoms with Crippen LogP contribution in [-0.2, 0) is 0 Å². The molecule has 4 bridgehead atoms. The molecule has 2 aromatic rings. The van der Waals surface area contributed by atoms with Gasteiger partial charge in [-0.05, 0) is 75.7 Å². The molecule has 1 atom stereocenters. The number of rotatable bonds is 2. The number of aromatic amines is 1. The van der Waals surface area contributed by atoms with Gasteiger partial charge in [0.1, 0.15) is 17.8 Å². The smallest absolute Gasteiger partial charge is 0.208 e. The first kappa shape index (κ1) is 19.8. The molecule has 0 unspecified atom stereocenters. The Labute approximate surface area is 189 Å². The predicted octanol–water partition coefficient (Wildman–Crippen LogP) is 3.17. The molecule has 2 N–H and O–H groups in total. The fraction of sp³-hybridized carbons (Fsp3) is 0.667. The van der Waals surface area contributed by atoms with Crippen molar-refractivity contribution in [3.8, 4) is 6.19 Å². The molecule has 3 heterocycles. The molecule has 5 fully saturated rings. The average Bonchev–Trinajstić information content (AvgIpc) is 3.13. The lowest BCUT2D eigenvalue weighted by Gasteiger charge is -2.55. The normalized spacial score (nSPS) is 34.2. The standard InChI is InChI=1S/C24H32N8/c1-15-11-26-21-20(15)22(29-14-28-21)31-3-4-32(16(2)12-31)23(27-13-25)30-24-8-17-5-18(9-24)7-19(6-17)10-24/h11,14,16-19H,3-10,12H2,1-2H3,(H,27,30)(H,26,28,29)/t16-,17?,18?,19?,24?/m0/s1. The van der Waals surface area contributed by atoms with E-state index in [1.165, 1.54) is 44.1 Å². The van der Waals surface area contributed by atoms with Crippen molar-refractivity contribution in [3.63, 3.8) is 0 Å². The van der Waals surface area contributed by atoms with Crippen LogP contribution in [0.5, 0.6) is 0 Å². The number of aryl methyl sites for hydroxylation is 1. The Bertz CT molecular complexity index is 1060. The number of hydrogen-bond donors (Lipinski definition) is 2. The molecular weight excluding hydrogens is 400 g/mol. The highest BCUT2D eigenvalue weighted by atomic mass is 15.4. The molecule has 4 saturated carbocycles. The lowest BCUT2D eigenvalue weighted by Crippen LogP contribution is -2.58. The number of nitrogens with one attached hydrogen (secondary N) is 2. The second-order valence-electron chi connectivity index (χ2n) is 10.7. The summed E-state index contributed by atoms with van der Waals surface area (Å²) in [6.45, 7) is 6.81. The Hall–Kier alpha value is -2.82. The monoisotopic (exact) mass is 432 g/mol. The molecule has 0 amide bonds. The van der Waals surface area contributed by atoms with Crippen molar-refractivity contribution >= 4 is 22.8 Å². The molecule has 0 aromatic carbocycles. The number of nitriles is 1.